The highest BCUT2D eigenvalue weighted by Crippen LogP contribution is 2.15. The van der Waals surface area contributed by atoms with Gasteiger partial charge in [-0.3, -0.25) is 4.68 Å². The van der Waals surface area contributed by atoms with Crippen LogP contribution in [-0.2, 0) is 18.4 Å². The van der Waals surface area contributed by atoms with Crippen molar-refractivity contribution < 1.29 is 4.74 Å². The molecular weight excluding hydrogens is 232 g/mol. The lowest BCUT2D eigenvalue weighted by molar-refractivity contribution is 0.128. The van der Waals surface area contributed by atoms with Gasteiger partial charge in [-0.05, 0) is 6.92 Å². The van der Waals surface area contributed by atoms with Crippen LogP contribution in [0.25, 0.3) is 0 Å². The minimum atomic E-state index is 0.350. The van der Waals surface area contributed by atoms with E-state index in [2.05, 4.69) is 20.4 Å². The Bertz CT molecular complexity index is 524. The van der Waals surface area contributed by atoms with Crippen molar-refractivity contribution >= 4 is 17.3 Å². The number of hydrogen-bond donors (Lipinski definition) is 2. The zero-order chi connectivity index (χ0) is 13.0. The molecule has 0 bridgehead atoms. The summed E-state index contributed by atoms with van der Waals surface area (Å²) >= 11 is 0. The quantitative estimate of drug-likeness (QED) is 0.822. The molecule has 0 saturated heterocycles. The smallest absolute Gasteiger partial charge is 0.158 e. The predicted molar refractivity (Wildman–Crippen MR) is 68.3 cm³/mol. The van der Waals surface area contributed by atoms with Gasteiger partial charge in [-0.1, -0.05) is 0 Å². The zero-order valence-corrected chi connectivity index (χ0v) is 10.4. The van der Waals surface area contributed by atoms with Crippen LogP contribution in [0.2, 0.25) is 0 Å². The molecule has 0 unspecified atom stereocenters. The second-order valence-corrected chi connectivity index (χ2v) is 3.76. The van der Waals surface area contributed by atoms with Gasteiger partial charge in [0, 0.05) is 25.9 Å². The number of nitrogen functional groups attached to an aromatic ring is 1. The number of rotatable bonds is 5. The topological polar surface area (TPSA) is 90.9 Å². The SMILES string of the molecule is CCOCc1nc(N)cc(Nc2cnn(C)c2)n1. The summed E-state index contributed by atoms with van der Waals surface area (Å²) in [7, 11) is 1.85. The fourth-order valence-electron chi connectivity index (χ4n) is 1.47. The largest absolute Gasteiger partial charge is 0.384 e. The van der Waals surface area contributed by atoms with Gasteiger partial charge in [0.2, 0.25) is 0 Å². The first-order valence-electron chi connectivity index (χ1n) is 5.64. The minimum absolute atomic E-state index is 0.350. The van der Waals surface area contributed by atoms with E-state index < -0.39 is 0 Å². The van der Waals surface area contributed by atoms with Crippen molar-refractivity contribution in [3.05, 3.63) is 24.3 Å². The summed E-state index contributed by atoms with van der Waals surface area (Å²) in [5, 5.41) is 7.17. The van der Waals surface area contributed by atoms with Gasteiger partial charge in [-0.15, -0.1) is 0 Å². The highest BCUT2D eigenvalue weighted by molar-refractivity contribution is 5.56. The van der Waals surface area contributed by atoms with Gasteiger partial charge in [-0.2, -0.15) is 5.10 Å². The lowest BCUT2D eigenvalue weighted by Gasteiger charge is -2.06. The Labute approximate surface area is 105 Å². The second kappa shape index (κ2) is 5.46. The highest BCUT2D eigenvalue weighted by Gasteiger charge is 2.04. The van der Waals surface area contributed by atoms with E-state index in [1.165, 1.54) is 0 Å². The van der Waals surface area contributed by atoms with Crippen molar-refractivity contribution in [1.29, 1.82) is 0 Å². The molecule has 2 aromatic rings. The number of nitrogens with one attached hydrogen (secondary N) is 1. The molecule has 0 saturated carbocycles. The number of aromatic nitrogens is 4. The molecule has 0 amide bonds. The van der Waals surface area contributed by atoms with Crippen LogP contribution in [-0.4, -0.2) is 26.4 Å². The van der Waals surface area contributed by atoms with E-state index in [0.717, 1.165) is 5.69 Å². The normalized spacial score (nSPS) is 10.6. The van der Waals surface area contributed by atoms with Crippen LogP contribution in [0.1, 0.15) is 12.7 Å². The zero-order valence-electron chi connectivity index (χ0n) is 10.4. The molecule has 2 heterocycles. The van der Waals surface area contributed by atoms with E-state index in [0.29, 0.717) is 30.7 Å². The molecule has 7 heteroatoms. The number of nitrogens with zero attached hydrogens (tertiary/aromatic N) is 4. The van der Waals surface area contributed by atoms with E-state index in [1.807, 2.05) is 20.2 Å². The molecule has 0 spiro atoms. The van der Waals surface area contributed by atoms with Gasteiger partial charge in [-0.25, -0.2) is 9.97 Å². The Morgan fingerprint density at radius 2 is 2.28 bits per heavy atom. The predicted octanol–water partition coefficient (Wildman–Crippen LogP) is 1.07. The summed E-state index contributed by atoms with van der Waals surface area (Å²) in [5.41, 5.74) is 6.57. The van der Waals surface area contributed by atoms with Crippen LogP contribution in [0.4, 0.5) is 17.3 Å². The number of nitrogens with two attached hydrogens (primary N) is 1. The van der Waals surface area contributed by atoms with E-state index in [4.69, 9.17) is 10.5 Å². The van der Waals surface area contributed by atoms with Crippen molar-refractivity contribution in [1.82, 2.24) is 19.7 Å². The Kier molecular flexibility index (Phi) is 3.73. The molecule has 0 aliphatic rings. The van der Waals surface area contributed by atoms with E-state index in [1.54, 1.807) is 16.9 Å². The fraction of sp³-hybridized carbons (Fsp3) is 0.364. The van der Waals surface area contributed by atoms with E-state index in [-0.39, 0.29) is 0 Å². The van der Waals surface area contributed by atoms with Gasteiger partial charge in [0.25, 0.3) is 0 Å². The van der Waals surface area contributed by atoms with Gasteiger partial charge in [0.1, 0.15) is 18.2 Å². The first-order valence-corrected chi connectivity index (χ1v) is 5.64. The second-order valence-electron chi connectivity index (χ2n) is 3.76. The third-order valence-electron chi connectivity index (χ3n) is 2.20. The third kappa shape index (κ3) is 3.17. The summed E-state index contributed by atoms with van der Waals surface area (Å²) in [5.74, 6) is 1.60. The lowest BCUT2D eigenvalue weighted by Crippen LogP contribution is -2.05. The molecule has 18 heavy (non-hydrogen) atoms. The molecule has 0 aromatic carbocycles. The van der Waals surface area contributed by atoms with Crippen molar-refractivity contribution in [3.8, 4) is 0 Å². The number of ether oxygens (including phenoxy) is 1. The molecular formula is C11H16N6O. The molecule has 0 radical (unpaired) electrons. The van der Waals surface area contributed by atoms with Gasteiger partial charge < -0.3 is 15.8 Å². The fourth-order valence-corrected chi connectivity index (χ4v) is 1.47. The molecule has 2 aromatic heterocycles. The van der Waals surface area contributed by atoms with Crippen LogP contribution in [0, 0.1) is 0 Å². The van der Waals surface area contributed by atoms with Gasteiger partial charge >= 0.3 is 0 Å². The highest BCUT2D eigenvalue weighted by atomic mass is 16.5. The Hall–Kier alpha value is -2.15. The summed E-state index contributed by atoms with van der Waals surface area (Å²) in [6.07, 6.45) is 3.56. The monoisotopic (exact) mass is 248 g/mol. The first-order chi connectivity index (χ1) is 8.67. The molecule has 0 fully saturated rings. The minimum Gasteiger partial charge on any atom is -0.384 e. The number of hydrogen-bond acceptors (Lipinski definition) is 6. The molecule has 3 N–H and O–H groups in total. The summed E-state index contributed by atoms with van der Waals surface area (Å²) in [4.78, 5) is 8.41. The Morgan fingerprint density at radius 1 is 1.44 bits per heavy atom. The molecule has 2 rings (SSSR count). The molecule has 0 atom stereocenters. The van der Waals surface area contributed by atoms with Crippen LogP contribution in [0.15, 0.2) is 18.5 Å². The lowest BCUT2D eigenvalue weighted by atomic mass is 10.4. The number of anilines is 3. The van der Waals surface area contributed by atoms with Crippen molar-refractivity contribution in [2.45, 2.75) is 13.5 Å². The maximum atomic E-state index is 5.72. The van der Waals surface area contributed by atoms with Crippen LogP contribution in [0.3, 0.4) is 0 Å². The molecule has 0 aliphatic carbocycles. The molecule has 7 nitrogen and oxygen atoms in total. The average Bonchev–Trinajstić information content (AvgIpc) is 2.71. The van der Waals surface area contributed by atoms with Crippen molar-refractivity contribution in [2.75, 3.05) is 17.7 Å². The Balaban J connectivity index is 2.14. The third-order valence-corrected chi connectivity index (χ3v) is 2.20. The Morgan fingerprint density at radius 3 is 2.94 bits per heavy atom. The van der Waals surface area contributed by atoms with Crippen LogP contribution < -0.4 is 11.1 Å². The first kappa shape index (κ1) is 12.3. The van der Waals surface area contributed by atoms with Gasteiger partial charge in [0.15, 0.2) is 5.82 Å². The standard InChI is InChI=1S/C11H16N6O/c1-3-18-7-11-15-9(12)4-10(16-11)14-8-5-13-17(2)6-8/h4-6H,3,7H2,1-2H3,(H3,12,14,15,16). The van der Waals surface area contributed by atoms with Crippen molar-refractivity contribution in [3.63, 3.8) is 0 Å². The van der Waals surface area contributed by atoms with Gasteiger partial charge in [0.05, 0.1) is 11.9 Å². The molecule has 96 valence electrons. The molecule has 0 aliphatic heterocycles. The van der Waals surface area contributed by atoms with E-state index >= 15 is 0 Å². The van der Waals surface area contributed by atoms with Crippen LogP contribution >= 0.6 is 0 Å². The number of aryl methyl sites for hydroxylation is 1. The van der Waals surface area contributed by atoms with Crippen LogP contribution in [0.5, 0.6) is 0 Å². The van der Waals surface area contributed by atoms with E-state index in [9.17, 15) is 0 Å². The maximum Gasteiger partial charge on any atom is 0.158 e. The summed E-state index contributed by atoms with van der Waals surface area (Å²) in [6.45, 7) is 2.88. The summed E-state index contributed by atoms with van der Waals surface area (Å²) < 4.78 is 6.96. The average molecular weight is 248 g/mol. The summed E-state index contributed by atoms with van der Waals surface area (Å²) in [6, 6.07) is 1.67. The van der Waals surface area contributed by atoms with Crippen molar-refractivity contribution in [2.24, 2.45) is 7.05 Å². The maximum absolute atomic E-state index is 5.72.